The molecule has 2 N–H and O–H groups in total. The molecule has 0 fully saturated rings. The van der Waals surface area contributed by atoms with Crippen molar-refractivity contribution in [1.29, 1.82) is 0 Å². The minimum atomic E-state index is -0.930. The summed E-state index contributed by atoms with van der Waals surface area (Å²) in [7, 11) is 0. The molecule has 1 amide bonds. The number of carbonyl (C=O) groups excluding carboxylic acids is 1. The molecular formula is C14H17Br2NO3. The third-order valence-corrected chi connectivity index (χ3v) is 4.05. The highest BCUT2D eigenvalue weighted by atomic mass is 79.9. The van der Waals surface area contributed by atoms with Crippen molar-refractivity contribution in [2.45, 2.75) is 33.2 Å². The van der Waals surface area contributed by atoms with Gasteiger partial charge >= 0.3 is 5.97 Å². The monoisotopic (exact) mass is 405 g/mol. The number of aliphatic carboxylic acids is 1. The van der Waals surface area contributed by atoms with Gasteiger partial charge in [-0.05, 0) is 39.5 Å². The first kappa shape index (κ1) is 17.2. The molecular weight excluding hydrogens is 390 g/mol. The van der Waals surface area contributed by atoms with Gasteiger partial charge in [0.05, 0.1) is 12.0 Å². The van der Waals surface area contributed by atoms with Crippen molar-refractivity contribution >= 4 is 43.7 Å². The van der Waals surface area contributed by atoms with E-state index in [1.807, 2.05) is 20.8 Å². The van der Waals surface area contributed by atoms with Gasteiger partial charge < -0.3 is 10.4 Å². The van der Waals surface area contributed by atoms with Crippen LogP contribution in [0.25, 0.3) is 0 Å². The zero-order valence-corrected chi connectivity index (χ0v) is 14.7. The predicted molar refractivity (Wildman–Crippen MR) is 84.8 cm³/mol. The lowest BCUT2D eigenvalue weighted by atomic mass is 9.84. The van der Waals surface area contributed by atoms with Crippen molar-refractivity contribution in [1.82, 2.24) is 5.32 Å². The van der Waals surface area contributed by atoms with E-state index in [2.05, 4.69) is 37.2 Å². The Morgan fingerprint density at radius 3 is 2.35 bits per heavy atom. The average molecular weight is 407 g/mol. The fraction of sp³-hybridized carbons (Fsp3) is 0.429. The lowest BCUT2D eigenvalue weighted by Crippen LogP contribution is -2.45. The fourth-order valence-corrected chi connectivity index (χ4v) is 2.89. The lowest BCUT2D eigenvalue weighted by molar-refractivity contribution is -0.138. The Bertz CT molecular complexity index is 524. The Morgan fingerprint density at radius 2 is 1.90 bits per heavy atom. The molecule has 0 bridgehead atoms. The van der Waals surface area contributed by atoms with Crippen molar-refractivity contribution in [2.75, 3.05) is 0 Å². The standard InChI is InChI=1S/C14H17Br2NO3/c1-14(2,3)11(7-12(18)19)17-13(20)9-5-4-8(15)6-10(9)16/h4-6,11H,7H2,1-3H3,(H,17,20)(H,18,19). The van der Waals surface area contributed by atoms with E-state index >= 15 is 0 Å². The summed E-state index contributed by atoms with van der Waals surface area (Å²) in [5, 5.41) is 11.8. The molecule has 4 nitrogen and oxygen atoms in total. The molecule has 0 aliphatic carbocycles. The van der Waals surface area contributed by atoms with E-state index < -0.39 is 12.0 Å². The molecule has 1 atom stereocenters. The third kappa shape index (κ3) is 4.90. The van der Waals surface area contributed by atoms with Gasteiger partial charge in [-0.25, -0.2) is 0 Å². The zero-order chi connectivity index (χ0) is 15.5. The van der Waals surface area contributed by atoms with Crippen molar-refractivity contribution in [2.24, 2.45) is 5.41 Å². The van der Waals surface area contributed by atoms with Crippen molar-refractivity contribution in [3.63, 3.8) is 0 Å². The molecule has 0 heterocycles. The lowest BCUT2D eigenvalue weighted by Gasteiger charge is -2.30. The summed E-state index contributed by atoms with van der Waals surface area (Å²) in [5.41, 5.74) is 0.142. The molecule has 0 radical (unpaired) electrons. The van der Waals surface area contributed by atoms with Crippen LogP contribution in [0.3, 0.4) is 0 Å². The van der Waals surface area contributed by atoms with E-state index in [1.54, 1.807) is 18.2 Å². The molecule has 0 spiro atoms. The number of halogens is 2. The quantitative estimate of drug-likeness (QED) is 0.798. The van der Waals surface area contributed by atoms with E-state index in [4.69, 9.17) is 5.11 Å². The molecule has 0 saturated carbocycles. The van der Waals surface area contributed by atoms with Crippen LogP contribution in [0, 0.1) is 5.41 Å². The molecule has 0 aromatic heterocycles. The average Bonchev–Trinajstić information content (AvgIpc) is 2.25. The minimum Gasteiger partial charge on any atom is -0.481 e. The highest BCUT2D eigenvalue weighted by Gasteiger charge is 2.29. The first-order valence-electron chi connectivity index (χ1n) is 6.09. The highest BCUT2D eigenvalue weighted by molar-refractivity contribution is 9.11. The summed E-state index contributed by atoms with van der Waals surface area (Å²) in [4.78, 5) is 23.2. The Kier molecular flexibility index (Phi) is 5.77. The highest BCUT2D eigenvalue weighted by Crippen LogP contribution is 2.25. The first-order valence-corrected chi connectivity index (χ1v) is 7.67. The molecule has 110 valence electrons. The second kappa shape index (κ2) is 6.72. The summed E-state index contributed by atoms with van der Waals surface area (Å²) in [6.45, 7) is 5.70. The number of benzene rings is 1. The van der Waals surface area contributed by atoms with Crippen molar-refractivity contribution in [3.8, 4) is 0 Å². The Morgan fingerprint density at radius 1 is 1.30 bits per heavy atom. The maximum absolute atomic E-state index is 12.3. The molecule has 0 aliphatic heterocycles. The van der Waals surface area contributed by atoms with Crippen LogP contribution in [0.5, 0.6) is 0 Å². The molecule has 20 heavy (non-hydrogen) atoms. The molecule has 0 aliphatic rings. The normalized spacial score (nSPS) is 12.8. The van der Waals surface area contributed by atoms with Gasteiger partial charge in [-0.15, -0.1) is 0 Å². The Labute approximate surface area is 135 Å². The van der Waals surface area contributed by atoms with Crippen molar-refractivity contribution < 1.29 is 14.7 Å². The van der Waals surface area contributed by atoms with Gasteiger partial charge in [-0.3, -0.25) is 9.59 Å². The predicted octanol–water partition coefficient (Wildman–Crippen LogP) is 3.83. The summed E-state index contributed by atoms with van der Waals surface area (Å²) in [6, 6.07) is 4.79. The van der Waals surface area contributed by atoms with Crippen LogP contribution in [0.4, 0.5) is 0 Å². The van der Waals surface area contributed by atoms with Gasteiger partial charge in [0.25, 0.3) is 5.91 Å². The number of carboxylic acid groups (broad SMARTS) is 1. The first-order chi connectivity index (χ1) is 9.11. The summed E-state index contributed by atoms with van der Waals surface area (Å²) in [5.74, 6) is -1.22. The van der Waals surface area contributed by atoms with Crippen LogP contribution >= 0.6 is 31.9 Å². The summed E-state index contributed by atoms with van der Waals surface area (Å²) >= 11 is 6.65. The van der Waals surface area contributed by atoms with E-state index in [0.29, 0.717) is 10.0 Å². The molecule has 6 heteroatoms. The number of rotatable bonds is 4. The van der Waals surface area contributed by atoms with E-state index in [0.717, 1.165) is 4.47 Å². The van der Waals surface area contributed by atoms with Gasteiger partial charge in [0.1, 0.15) is 0 Å². The second-order valence-corrected chi connectivity index (χ2v) is 7.38. The van der Waals surface area contributed by atoms with E-state index in [1.165, 1.54) is 0 Å². The van der Waals surface area contributed by atoms with E-state index in [-0.39, 0.29) is 17.7 Å². The number of nitrogens with one attached hydrogen (secondary N) is 1. The number of hydrogen-bond donors (Lipinski definition) is 2. The van der Waals surface area contributed by atoms with Crippen molar-refractivity contribution in [3.05, 3.63) is 32.7 Å². The maximum Gasteiger partial charge on any atom is 0.305 e. The molecule has 1 aromatic carbocycles. The summed E-state index contributed by atoms with van der Waals surface area (Å²) in [6.07, 6.45) is -0.108. The smallest absolute Gasteiger partial charge is 0.305 e. The Balaban J connectivity index is 2.93. The SMILES string of the molecule is CC(C)(C)C(CC(=O)O)NC(=O)c1ccc(Br)cc1Br. The minimum absolute atomic E-state index is 0.108. The summed E-state index contributed by atoms with van der Waals surface area (Å²) < 4.78 is 1.52. The molecule has 1 aromatic rings. The second-order valence-electron chi connectivity index (χ2n) is 5.61. The van der Waals surface area contributed by atoms with Gasteiger partial charge in [-0.2, -0.15) is 0 Å². The van der Waals surface area contributed by atoms with Crippen LogP contribution in [-0.2, 0) is 4.79 Å². The number of carboxylic acids is 1. The largest absolute Gasteiger partial charge is 0.481 e. The number of carbonyl (C=O) groups is 2. The van der Waals surface area contributed by atoms with Gasteiger partial charge in [0.15, 0.2) is 0 Å². The van der Waals surface area contributed by atoms with Crippen LogP contribution in [0.2, 0.25) is 0 Å². The van der Waals surface area contributed by atoms with Gasteiger partial charge in [0.2, 0.25) is 0 Å². The Hall–Kier alpha value is -0.880. The molecule has 1 unspecified atom stereocenters. The number of amides is 1. The van der Waals surface area contributed by atoms with Gasteiger partial charge in [0, 0.05) is 15.0 Å². The number of hydrogen-bond acceptors (Lipinski definition) is 2. The fourth-order valence-electron chi connectivity index (χ4n) is 1.66. The maximum atomic E-state index is 12.3. The topological polar surface area (TPSA) is 66.4 Å². The molecule has 0 saturated heterocycles. The van der Waals surface area contributed by atoms with Crippen LogP contribution in [0.15, 0.2) is 27.1 Å². The van der Waals surface area contributed by atoms with Crippen LogP contribution in [-0.4, -0.2) is 23.0 Å². The molecule has 1 rings (SSSR count). The van der Waals surface area contributed by atoms with Crippen LogP contribution in [0.1, 0.15) is 37.6 Å². The van der Waals surface area contributed by atoms with Crippen LogP contribution < -0.4 is 5.32 Å². The third-order valence-electron chi connectivity index (χ3n) is 2.91. The zero-order valence-electron chi connectivity index (χ0n) is 11.5. The van der Waals surface area contributed by atoms with Gasteiger partial charge in [-0.1, -0.05) is 36.7 Å². The van der Waals surface area contributed by atoms with E-state index in [9.17, 15) is 9.59 Å².